The summed E-state index contributed by atoms with van der Waals surface area (Å²) in [6, 6.07) is 5.48. The van der Waals surface area contributed by atoms with E-state index < -0.39 is 16.1 Å². The molecule has 1 aromatic carbocycles. The molecule has 0 aliphatic rings. The van der Waals surface area contributed by atoms with Crippen LogP contribution in [0.5, 0.6) is 0 Å². The Morgan fingerprint density at radius 1 is 1.27 bits per heavy atom. The highest BCUT2D eigenvalue weighted by Crippen LogP contribution is 2.22. The van der Waals surface area contributed by atoms with Gasteiger partial charge in [0.2, 0.25) is 15.9 Å². The Morgan fingerprint density at radius 2 is 1.82 bits per heavy atom. The van der Waals surface area contributed by atoms with Crippen molar-refractivity contribution < 1.29 is 13.2 Å². The fourth-order valence-electron chi connectivity index (χ4n) is 1.95. The number of likely N-dealkylation sites (N-methyl/N-ethyl adjacent to an activating group) is 1. The minimum atomic E-state index is -3.60. The van der Waals surface area contributed by atoms with E-state index in [1.807, 2.05) is 19.0 Å². The molecule has 1 aromatic rings. The standard InChI is InChI=1S/C14H22ClN3O3S/c1-11(14(19)16-9-10-17(2)3)18(22(4,20)21)13-7-5-12(15)6-8-13/h5-8,11H,9-10H2,1-4H3,(H,16,19)/t11-/m0/s1. The number of carbonyl (C=O) groups excluding carboxylic acids is 1. The van der Waals surface area contributed by atoms with E-state index in [9.17, 15) is 13.2 Å². The molecule has 0 aliphatic heterocycles. The maximum Gasteiger partial charge on any atom is 0.243 e. The highest BCUT2D eigenvalue weighted by atomic mass is 35.5. The Balaban J connectivity index is 2.93. The van der Waals surface area contributed by atoms with E-state index in [1.54, 1.807) is 31.2 Å². The summed E-state index contributed by atoms with van der Waals surface area (Å²) in [7, 11) is 0.192. The molecule has 1 N–H and O–H groups in total. The first-order chi connectivity index (χ1) is 10.1. The summed E-state index contributed by atoms with van der Waals surface area (Å²) in [6.07, 6.45) is 1.07. The average Bonchev–Trinajstić information content (AvgIpc) is 2.39. The van der Waals surface area contributed by atoms with Crippen LogP contribution in [0.2, 0.25) is 5.02 Å². The molecule has 1 rings (SSSR count). The highest BCUT2D eigenvalue weighted by Gasteiger charge is 2.28. The quantitative estimate of drug-likeness (QED) is 0.804. The number of nitrogens with zero attached hydrogens (tertiary/aromatic N) is 2. The number of nitrogens with one attached hydrogen (secondary N) is 1. The minimum Gasteiger partial charge on any atom is -0.353 e. The van der Waals surface area contributed by atoms with Crippen molar-refractivity contribution in [3.8, 4) is 0 Å². The molecule has 0 aliphatic carbocycles. The predicted octanol–water partition coefficient (Wildman–Crippen LogP) is 1.17. The lowest BCUT2D eigenvalue weighted by Crippen LogP contribution is -2.48. The lowest BCUT2D eigenvalue weighted by atomic mass is 10.2. The second-order valence-electron chi connectivity index (χ2n) is 5.31. The van der Waals surface area contributed by atoms with Crippen LogP contribution in [0.4, 0.5) is 5.69 Å². The molecular weight excluding hydrogens is 326 g/mol. The van der Waals surface area contributed by atoms with E-state index in [4.69, 9.17) is 11.6 Å². The van der Waals surface area contributed by atoms with Crippen molar-refractivity contribution in [2.75, 3.05) is 37.7 Å². The van der Waals surface area contributed by atoms with Crippen LogP contribution in [-0.2, 0) is 14.8 Å². The van der Waals surface area contributed by atoms with Gasteiger partial charge in [0.15, 0.2) is 0 Å². The van der Waals surface area contributed by atoms with E-state index in [0.29, 0.717) is 23.8 Å². The van der Waals surface area contributed by atoms with Gasteiger partial charge in [-0.25, -0.2) is 8.42 Å². The Kier molecular flexibility index (Phi) is 6.65. The first-order valence-corrected chi connectivity index (χ1v) is 9.03. The van der Waals surface area contributed by atoms with Gasteiger partial charge in [-0.15, -0.1) is 0 Å². The fraction of sp³-hybridized carbons (Fsp3) is 0.500. The third-order valence-electron chi connectivity index (χ3n) is 3.03. The molecular formula is C14H22ClN3O3S. The molecule has 0 saturated heterocycles. The largest absolute Gasteiger partial charge is 0.353 e. The van der Waals surface area contributed by atoms with Crippen LogP contribution in [0.3, 0.4) is 0 Å². The Bertz CT molecular complexity index is 602. The van der Waals surface area contributed by atoms with Crippen LogP contribution in [0.25, 0.3) is 0 Å². The van der Waals surface area contributed by atoms with Gasteiger partial charge in [-0.2, -0.15) is 0 Å². The topological polar surface area (TPSA) is 69.7 Å². The summed E-state index contributed by atoms with van der Waals surface area (Å²) in [5.41, 5.74) is 0.405. The Hall–Kier alpha value is -1.31. The SMILES string of the molecule is C[C@@H](C(=O)NCCN(C)C)N(c1ccc(Cl)cc1)S(C)(=O)=O. The number of hydrogen-bond acceptors (Lipinski definition) is 4. The normalized spacial score (nSPS) is 13.0. The number of carbonyl (C=O) groups is 1. The molecule has 0 unspecified atom stereocenters. The number of anilines is 1. The molecule has 124 valence electrons. The van der Waals surface area contributed by atoms with Gasteiger partial charge < -0.3 is 10.2 Å². The molecule has 1 atom stereocenters. The first-order valence-electron chi connectivity index (χ1n) is 6.80. The monoisotopic (exact) mass is 347 g/mol. The van der Waals surface area contributed by atoms with E-state index in [2.05, 4.69) is 5.32 Å². The van der Waals surface area contributed by atoms with Gasteiger partial charge in [-0.3, -0.25) is 9.10 Å². The van der Waals surface area contributed by atoms with Gasteiger partial charge in [-0.1, -0.05) is 11.6 Å². The van der Waals surface area contributed by atoms with Crippen molar-refractivity contribution >= 4 is 33.2 Å². The molecule has 8 heteroatoms. The van der Waals surface area contributed by atoms with Crippen molar-refractivity contribution in [1.82, 2.24) is 10.2 Å². The van der Waals surface area contributed by atoms with Gasteiger partial charge in [0.25, 0.3) is 0 Å². The zero-order chi connectivity index (χ0) is 16.9. The number of rotatable bonds is 7. The third-order valence-corrected chi connectivity index (χ3v) is 4.52. The molecule has 0 bridgehead atoms. The number of benzene rings is 1. The maximum atomic E-state index is 12.2. The average molecular weight is 348 g/mol. The van der Waals surface area contributed by atoms with E-state index in [0.717, 1.165) is 10.6 Å². The molecule has 0 aromatic heterocycles. The molecule has 0 saturated carbocycles. The predicted molar refractivity (Wildman–Crippen MR) is 89.8 cm³/mol. The molecule has 0 spiro atoms. The Morgan fingerprint density at radius 3 is 2.27 bits per heavy atom. The lowest BCUT2D eigenvalue weighted by molar-refractivity contribution is -0.121. The number of hydrogen-bond donors (Lipinski definition) is 1. The second kappa shape index (κ2) is 7.80. The van der Waals surface area contributed by atoms with Gasteiger partial charge >= 0.3 is 0 Å². The maximum absolute atomic E-state index is 12.2. The highest BCUT2D eigenvalue weighted by molar-refractivity contribution is 7.92. The van der Waals surface area contributed by atoms with Gasteiger partial charge in [0.05, 0.1) is 11.9 Å². The van der Waals surface area contributed by atoms with Gasteiger partial charge in [0, 0.05) is 18.1 Å². The third kappa shape index (κ3) is 5.47. The summed E-state index contributed by atoms with van der Waals surface area (Å²) in [5, 5.41) is 3.23. The summed E-state index contributed by atoms with van der Waals surface area (Å²) in [5.74, 6) is -0.345. The molecule has 0 radical (unpaired) electrons. The zero-order valence-corrected chi connectivity index (χ0v) is 14.8. The summed E-state index contributed by atoms with van der Waals surface area (Å²) >= 11 is 5.82. The van der Waals surface area contributed by atoms with Crippen molar-refractivity contribution in [3.63, 3.8) is 0 Å². The summed E-state index contributed by atoms with van der Waals surface area (Å²) in [4.78, 5) is 14.1. The van der Waals surface area contributed by atoms with Crippen LogP contribution in [0.15, 0.2) is 24.3 Å². The molecule has 6 nitrogen and oxygen atoms in total. The zero-order valence-electron chi connectivity index (χ0n) is 13.2. The van der Waals surface area contributed by atoms with Crippen LogP contribution in [0.1, 0.15) is 6.92 Å². The van der Waals surface area contributed by atoms with Crippen molar-refractivity contribution in [3.05, 3.63) is 29.3 Å². The molecule has 22 heavy (non-hydrogen) atoms. The van der Waals surface area contributed by atoms with Crippen LogP contribution < -0.4 is 9.62 Å². The number of halogens is 1. The van der Waals surface area contributed by atoms with E-state index >= 15 is 0 Å². The second-order valence-corrected chi connectivity index (χ2v) is 7.60. The van der Waals surface area contributed by atoms with E-state index in [-0.39, 0.29) is 5.91 Å². The van der Waals surface area contributed by atoms with Crippen molar-refractivity contribution in [1.29, 1.82) is 0 Å². The number of amides is 1. The van der Waals surface area contributed by atoms with Gasteiger partial charge in [-0.05, 0) is 45.3 Å². The van der Waals surface area contributed by atoms with Crippen LogP contribution >= 0.6 is 11.6 Å². The molecule has 0 heterocycles. The van der Waals surface area contributed by atoms with Crippen LogP contribution in [0, 0.1) is 0 Å². The fourth-order valence-corrected chi connectivity index (χ4v) is 3.25. The first kappa shape index (κ1) is 18.7. The van der Waals surface area contributed by atoms with E-state index in [1.165, 1.54) is 0 Å². The number of sulfonamides is 1. The summed E-state index contributed by atoms with van der Waals surface area (Å²) in [6.45, 7) is 2.69. The molecule has 1 amide bonds. The summed E-state index contributed by atoms with van der Waals surface area (Å²) < 4.78 is 25.2. The Labute approximate surface area is 137 Å². The minimum absolute atomic E-state index is 0.345. The van der Waals surface area contributed by atoms with Crippen molar-refractivity contribution in [2.24, 2.45) is 0 Å². The molecule has 0 fully saturated rings. The van der Waals surface area contributed by atoms with Crippen LogP contribution in [-0.4, -0.2) is 58.7 Å². The smallest absolute Gasteiger partial charge is 0.243 e. The van der Waals surface area contributed by atoms with Crippen molar-refractivity contribution in [2.45, 2.75) is 13.0 Å². The van der Waals surface area contributed by atoms with Gasteiger partial charge in [0.1, 0.15) is 6.04 Å². The lowest BCUT2D eigenvalue weighted by Gasteiger charge is -2.28.